The minimum absolute atomic E-state index is 0. The summed E-state index contributed by atoms with van der Waals surface area (Å²) in [6.45, 7) is 3.29. The quantitative estimate of drug-likeness (QED) is 0.317. The number of carbonyl (C=O) groups excluding carboxylic acids is 1. The van der Waals surface area contributed by atoms with Crippen molar-refractivity contribution in [3.8, 4) is 11.5 Å². The fourth-order valence-corrected chi connectivity index (χ4v) is 5.07. The molecule has 1 aliphatic carbocycles. The first-order chi connectivity index (χ1) is 17.9. The van der Waals surface area contributed by atoms with E-state index in [2.05, 4.69) is 14.8 Å². The van der Waals surface area contributed by atoms with Crippen molar-refractivity contribution in [2.45, 2.75) is 62.9 Å². The zero-order chi connectivity index (χ0) is 27.5. The van der Waals surface area contributed by atoms with Crippen LogP contribution in [0.2, 0.25) is 0 Å². The van der Waals surface area contributed by atoms with Crippen molar-refractivity contribution in [1.29, 1.82) is 0 Å². The summed E-state index contributed by atoms with van der Waals surface area (Å²) >= 11 is 0. The molecule has 8 nitrogen and oxygen atoms in total. The third kappa shape index (κ3) is 4.59. The number of rotatable bonds is 9. The van der Waals surface area contributed by atoms with Crippen LogP contribution in [0.3, 0.4) is 0 Å². The zero-order valence-corrected chi connectivity index (χ0v) is 20.9. The summed E-state index contributed by atoms with van der Waals surface area (Å²) in [6, 6.07) is 8.77. The van der Waals surface area contributed by atoms with Gasteiger partial charge in [0.25, 0.3) is 0 Å². The molecular weight excluding hydrogens is 505 g/mol. The number of ether oxygens (including phenoxy) is 2. The molecule has 0 bridgehead atoms. The molecule has 1 fully saturated rings. The molecule has 1 aromatic heterocycles. The topological polar surface area (TPSA) is 113 Å². The first-order valence-corrected chi connectivity index (χ1v) is 12.3. The monoisotopic (exact) mass is 540 g/mol. The number of hydrogen-bond acceptors (Lipinski definition) is 6. The van der Waals surface area contributed by atoms with E-state index in [-0.39, 0.29) is 34.6 Å². The summed E-state index contributed by atoms with van der Waals surface area (Å²) in [7, 11) is 0. The predicted molar refractivity (Wildman–Crippen MR) is 138 cm³/mol. The van der Waals surface area contributed by atoms with Crippen LogP contribution < -0.4 is 14.8 Å². The number of aliphatic hydroxyl groups excluding tert-OH is 3. The second-order valence-corrected chi connectivity index (χ2v) is 10.6. The van der Waals surface area contributed by atoms with E-state index >= 15 is 4.39 Å². The summed E-state index contributed by atoms with van der Waals surface area (Å²) in [5.74, 6) is -1.46. The van der Waals surface area contributed by atoms with Crippen LogP contribution >= 0.6 is 0 Å². The molecule has 11 heteroatoms. The van der Waals surface area contributed by atoms with E-state index < -0.39 is 41.6 Å². The molecule has 3 aromatic rings. The lowest BCUT2D eigenvalue weighted by molar-refractivity contribution is -0.286. The fraction of sp³-hybridized carbons (Fsp3) is 0.444. The Labute approximate surface area is 221 Å². The number of aromatic nitrogens is 1. The Kier molecular flexibility index (Phi) is 6.36. The lowest BCUT2D eigenvalue weighted by atomic mass is 9.85. The van der Waals surface area contributed by atoms with Gasteiger partial charge in [-0.25, -0.2) is 4.39 Å². The third-order valence-corrected chi connectivity index (χ3v) is 7.41. The van der Waals surface area contributed by atoms with Crippen LogP contribution in [0.5, 0.6) is 11.5 Å². The SMILES string of the molecule is CC(C)(CCO)c1cc2cc(NC(=O)C3(c4ccc5c(c4)OC(F)(F)O5)CC3)c(F)cc2n1C[C@@H](O)CO.[HH].[HH].[HH]. The van der Waals surface area contributed by atoms with Crippen molar-refractivity contribution in [3.63, 3.8) is 0 Å². The minimum Gasteiger partial charge on any atom is -0.396 e. The van der Waals surface area contributed by atoms with E-state index in [1.165, 1.54) is 30.3 Å². The normalized spacial score (nSPS) is 18.0. The number of alkyl halides is 2. The fourth-order valence-electron chi connectivity index (χ4n) is 5.07. The maximum absolute atomic E-state index is 15.3. The van der Waals surface area contributed by atoms with Crippen LogP contribution in [0.25, 0.3) is 10.9 Å². The van der Waals surface area contributed by atoms with Crippen LogP contribution in [-0.4, -0.2) is 51.4 Å². The van der Waals surface area contributed by atoms with Gasteiger partial charge in [-0.3, -0.25) is 4.79 Å². The van der Waals surface area contributed by atoms with Gasteiger partial charge in [-0.1, -0.05) is 19.9 Å². The van der Waals surface area contributed by atoms with Crippen LogP contribution in [0.1, 0.15) is 48.6 Å². The summed E-state index contributed by atoms with van der Waals surface area (Å²) < 4.78 is 52.8. The van der Waals surface area contributed by atoms with E-state index in [1.807, 2.05) is 19.9 Å². The number of nitrogens with one attached hydrogen (secondary N) is 1. The molecule has 2 heterocycles. The molecule has 0 spiro atoms. The van der Waals surface area contributed by atoms with E-state index in [4.69, 9.17) is 0 Å². The predicted octanol–water partition coefficient (Wildman–Crippen LogP) is 4.52. The van der Waals surface area contributed by atoms with Crippen molar-refractivity contribution >= 4 is 22.5 Å². The molecule has 1 amide bonds. The number of carbonyl (C=O) groups is 1. The highest BCUT2D eigenvalue weighted by Gasteiger charge is 2.53. The van der Waals surface area contributed by atoms with E-state index in [0.717, 1.165) is 5.69 Å². The lowest BCUT2D eigenvalue weighted by Crippen LogP contribution is -2.28. The third-order valence-electron chi connectivity index (χ3n) is 7.41. The van der Waals surface area contributed by atoms with Crippen LogP contribution in [0.4, 0.5) is 18.9 Å². The smallest absolute Gasteiger partial charge is 0.396 e. The van der Waals surface area contributed by atoms with Gasteiger partial charge < -0.3 is 34.7 Å². The largest absolute Gasteiger partial charge is 0.586 e. The van der Waals surface area contributed by atoms with E-state index in [1.54, 1.807) is 4.57 Å². The summed E-state index contributed by atoms with van der Waals surface area (Å²) in [5.41, 5.74) is 0.0703. The van der Waals surface area contributed by atoms with Gasteiger partial charge in [0.05, 0.1) is 35.9 Å². The van der Waals surface area contributed by atoms with E-state index in [9.17, 15) is 28.9 Å². The first kappa shape index (κ1) is 26.3. The van der Waals surface area contributed by atoms with Crippen LogP contribution in [0, 0.1) is 5.82 Å². The maximum atomic E-state index is 15.3. The number of anilines is 1. The molecule has 1 aliphatic heterocycles. The number of benzene rings is 2. The standard InChI is InChI=1S/C27H29F3N2O6.3H2/c1-25(2,7-8-33)23-10-15-9-19(18(28)12-20(15)32(23)13-17(35)14-34)31-24(36)26(5-6-26)16-3-4-21-22(11-16)38-27(29,30)37-21;;;/h3-4,9-12,17,33-35H,5-8,13-14H2,1-2H3,(H,31,36);3*1H/t17-;;;/m1.../s1. The Bertz CT molecular complexity index is 1410. The van der Waals surface area contributed by atoms with Gasteiger partial charge in [0.2, 0.25) is 5.91 Å². The average Bonchev–Trinajstić information content (AvgIpc) is 3.50. The van der Waals surface area contributed by atoms with Gasteiger partial charge >= 0.3 is 6.29 Å². The van der Waals surface area contributed by atoms with Crippen molar-refractivity contribution in [2.75, 3.05) is 18.5 Å². The Morgan fingerprint density at radius 2 is 1.87 bits per heavy atom. The van der Waals surface area contributed by atoms with Crippen molar-refractivity contribution in [1.82, 2.24) is 4.57 Å². The van der Waals surface area contributed by atoms with Crippen molar-refractivity contribution in [2.24, 2.45) is 0 Å². The second kappa shape index (κ2) is 9.18. The summed E-state index contributed by atoms with van der Waals surface area (Å²) in [6.07, 6.45) is -3.53. The molecule has 38 heavy (non-hydrogen) atoms. The number of halogens is 3. The number of nitrogens with zero attached hydrogens (tertiary/aromatic N) is 1. The Morgan fingerprint density at radius 3 is 2.53 bits per heavy atom. The highest BCUT2D eigenvalue weighted by atomic mass is 19.3. The Balaban J connectivity index is 0.00000196. The number of fused-ring (bicyclic) bond motifs is 2. The highest BCUT2D eigenvalue weighted by molar-refractivity contribution is 6.02. The van der Waals surface area contributed by atoms with Gasteiger partial charge in [0.1, 0.15) is 5.82 Å². The lowest BCUT2D eigenvalue weighted by Gasteiger charge is -2.27. The highest BCUT2D eigenvalue weighted by Crippen LogP contribution is 2.52. The minimum atomic E-state index is -3.77. The van der Waals surface area contributed by atoms with Crippen molar-refractivity contribution < 1.29 is 47.0 Å². The molecule has 210 valence electrons. The molecule has 0 radical (unpaired) electrons. The molecular formula is C27H35F3N2O6. The van der Waals surface area contributed by atoms with Gasteiger partial charge in [-0.2, -0.15) is 0 Å². The van der Waals surface area contributed by atoms with Crippen molar-refractivity contribution in [3.05, 3.63) is 53.5 Å². The molecule has 0 unspecified atom stereocenters. The number of hydrogen-bond donors (Lipinski definition) is 4. The molecule has 1 atom stereocenters. The van der Waals surface area contributed by atoms with Crippen LogP contribution in [-0.2, 0) is 22.2 Å². The summed E-state index contributed by atoms with van der Waals surface area (Å²) in [4.78, 5) is 13.3. The van der Waals surface area contributed by atoms with E-state index in [0.29, 0.717) is 35.7 Å². The number of aliphatic hydroxyl groups is 3. The molecule has 2 aliphatic rings. The molecule has 1 saturated carbocycles. The molecule has 4 N–H and O–H groups in total. The summed E-state index contributed by atoms with van der Waals surface area (Å²) in [5, 5.41) is 32.3. The van der Waals surface area contributed by atoms with Gasteiger partial charge in [0, 0.05) is 33.4 Å². The average molecular weight is 541 g/mol. The Morgan fingerprint density at radius 1 is 1.16 bits per heavy atom. The Hall–Kier alpha value is -3.28. The van der Waals surface area contributed by atoms with Gasteiger partial charge in [-0.15, -0.1) is 8.78 Å². The molecule has 2 aromatic carbocycles. The first-order valence-electron chi connectivity index (χ1n) is 12.3. The second-order valence-electron chi connectivity index (χ2n) is 10.6. The zero-order valence-electron chi connectivity index (χ0n) is 20.9. The number of amides is 1. The molecule has 5 rings (SSSR count). The molecule has 0 saturated heterocycles. The van der Waals surface area contributed by atoms with Crippen LogP contribution in [0.15, 0.2) is 36.4 Å². The van der Waals surface area contributed by atoms with Gasteiger partial charge in [-0.05, 0) is 49.1 Å². The maximum Gasteiger partial charge on any atom is 0.586 e. The van der Waals surface area contributed by atoms with Gasteiger partial charge in [0.15, 0.2) is 11.5 Å².